The lowest BCUT2D eigenvalue weighted by Crippen LogP contribution is -2.61. The Morgan fingerprint density at radius 3 is 2.50 bits per heavy atom. The molecule has 1 N–H and O–H groups in total. The predicted octanol–water partition coefficient (Wildman–Crippen LogP) is 2.49. The zero-order valence-electron chi connectivity index (χ0n) is 11.4. The van der Waals surface area contributed by atoms with Gasteiger partial charge in [0.05, 0.1) is 0 Å². The van der Waals surface area contributed by atoms with Crippen LogP contribution < -0.4 is 5.32 Å². The maximum atomic E-state index is 3.52. The molecule has 2 aliphatic rings. The summed E-state index contributed by atoms with van der Waals surface area (Å²) >= 11 is 0. The molecular weight excluding hydrogens is 196 g/mol. The van der Waals surface area contributed by atoms with Gasteiger partial charge in [-0.15, -0.1) is 0 Å². The fourth-order valence-corrected chi connectivity index (χ4v) is 3.48. The molecule has 2 nitrogen and oxygen atoms in total. The van der Waals surface area contributed by atoms with Crippen LogP contribution in [0.2, 0.25) is 0 Å². The standard InChI is InChI=1S/C14H28N2/c1-11-5-6-13(9-12(11)2)16-8-7-15-10-14(16,3)4/h11-13,15H,5-10H2,1-4H3. The molecule has 1 heterocycles. The summed E-state index contributed by atoms with van der Waals surface area (Å²) in [5.74, 6) is 1.84. The highest BCUT2D eigenvalue weighted by atomic mass is 15.3. The van der Waals surface area contributed by atoms with Gasteiger partial charge in [-0.05, 0) is 44.9 Å². The van der Waals surface area contributed by atoms with Crippen molar-refractivity contribution in [3.63, 3.8) is 0 Å². The molecule has 2 fully saturated rings. The minimum atomic E-state index is 0.350. The van der Waals surface area contributed by atoms with Gasteiger partial charge in [0.25, 0.3) is 0 Å². The molecule has 1 saturated carbocycles. The van der Waals surface area contributed by atoms with E-state index in [1.54, 1.807) is 0 Å². The summed E-state index contributed by atoms with van der Waals surface area (Å²) in [5.41, 5.74) is 0.350. The van der Waals surface area contributed by atoms with E-state index in [1.807, 2.05) is 0 Å². The Balaban J connectivity index is 2.01. The van der Waals surface area contributed by atoms with Crippen LogP contribution in [0.5, 0.6) is 0 Å². The van der Waals surface area contributed by atoms with E-state index in [-0.39, 0.29) is 0 Å². The number of rotatable bonds is 1. The summed E-state index contributed by atoms with van der Waals surface area (Å²) in [6, 6.07) is 0.836. The molecular formula is C14H28N2. The van der Waals surface area contributed by atoms with E-state index < -0.39 is 0 Å². The van der Waals surface area contributed by atoms with Gasteiger partial charge in [-0.2, -0.15) is 0 Å². The molecule has 0 radical (unpaired) electrons. The van der Waals surface area contributed by atoms with Gasteiger partial charge in [0, 0.05) is 31.2 Å². The summed E-state index contributed by atoms with van der Waals surface area (Å²) in [5, 5.41) is 3.52. The first-order chi connectivity index (χ1) is 7.50. The van der Waals surface area contributed by atoms with Gasteiger partial charge < -0.3 is 5.32 Å². The summed E-state index contributed by atoms with van der Waals surface area (Å²) in [6.07, 6.45) is 4.24. The molecule has 0 spiro atoms. The van der Waals surface area contributed by atoms with E-state index in [4.69, 9.17) is 0 Å². The van der Waals surface area contributed by atoms with Crippen molar-refractivity contribution in [2.75, 3.05) is 19.6 Å². The molecule has 3 atom stereocenters. The van der Waals surface area contributed by atoms with Gasteiger partial charge in [-0.1, -0.05) is 13.8 Å². The highest BCUT2D eigenvalue weighted by Crippen LogP contribution is 2.35. The first kappa shape index (κ1) is 12.4. The van der Waals surface area contributed by atoms with Crippen molar-refractivity contribution < 1.29 is 0 Å². The highest BCUT2D eigenvalue weighted by Gasteiger charge is 2.37. The lowest BCUT2D eigenvalue weighted by Gasteiger charge is -2.50. The van der Waals surface area contributed by atoms with Gasteiger partial charge >= 0.3 is 0 Å². The van der Waals surface area contributed by atoms with Crippen molar-refractivity contribution in [1.82, 2.24) is 10.2 Å². The third-order valence-corrected chi connectivity index (χ3v) is 4.88. The van der Waals surface area contributed by atoms with Crippen LogP contribution >= 0.6 is 0 Å². The minimum absolute atomic E-state index is 0.350. The molecule has 16 heavy (non-hydrogen) atoms. The molecule has 0 aromatic rings. The molecule has 1 aliphatic carbocycles. The van der Waals surface area contributed by atoms with E-state index >= 15 is 0 Å². The van der Waals surface area contributed by atoms with Crippen molar-refractivity contribution in [3.8, 4) is 0 Å². The molecule has 0 aromatic heterocycles. The zero-order valence-corrected chi connectivity index (χ0v) is 11.4. The van der Waals surface area contributed by atoms with Gasteiger partial charge in [0.15, 0.2) is 0 Å². The second-order valence-electron chi connectivity index (χ2n) is 6.60. The number of hydrogen-bond acceptors (Lipinski definition) is 2. The highest BCUT2D eigenvalue weighted by molar-refractivity contribution is 4.94. The van der Waals surface area contributed by atoms with Gasteiger partial charge in [-0.3, -0.25) is 4.90 Å². The van der Waals surface area contributed by atoms with Crippen LogP contribution in [0.25, 0.3) is 0 Å². The molecule has 0 aromatic carbocycles. The molecule has 0 bridgehead atoms. The van der Waals surface area contributed by atoms with Crippen LogP contribution in [0.1, 0.15) is 47.0 Å². The second-order valence-corrected chi connectivity index (χ2v) is 6.60. The van der Waals surface area contributed by atoms with Gasteiger partial charge in [0.1, 0.15) is 0 Å². The Bertz CT molecular complexity index is 237. The summed E-state index contributed by atoms with van der Waals surface area (Å²) < 4.78 is 0. The van der Waals surface area contributed by atoms with Crippen molar-refractivity contribution in [3.05, 3.63) is 0 Å². The average Bonchev–Trinajstić information content (AvgIpc) is 2.22. The van der Waals surface area contributed by atoms with Crippen molar-refractivity contribution >= 4 is 0 Å². The molecule has 3 unspecified atom stereocenters. The topological polar surface area (TPSA) is 15.3 Å². The Morgan fingerprint density at radius 2 is 1.88 bits per heavy atom. The van der Waals surface area contributed by atoms with Crippen molar-refractivity contribution in [2.24, 2.45) is 11.8 Å². The number of piperazine rings is 1. The van der Waals surface area contributed by atoms with E-state index in [0.717, 1.165) is 24.4 Å². The van der Waals surface area contributed by atoms with E-state index in [9.17, 15) is 0 Å². The summed E-state index contributed by atoms with van der Waals surface area (Å²) in [4.78, 5) is 2.77. The van der Waals surface area contributed by atoms with Crippen LogP contribution in [0.4, 0.5) is 0 Å². The SMILES string of the molecule is CC1CCC(N2CCNCC2(C)C)CC1C. The van der Waals surface area contributed by atoms with Crippen LogP contribution in [0.3, 0.4) is 0 Å². The molecule has 0 amide bonds. The molecule has 1 saturated heterocycles. The second kappa shape index (κ2) is 4.66. The number of nitrogens with zero attached hydrogens (tertiary/aromatic N) is 1. The monoisotopic (exact) mass is 224 g/mol. The van der Waals surface area contributed by atoms with Crippen LogP contribution in [-0.2, 0) is 0 Å². The summed E-state index contributed by atoms with van der Waals surface area (Å²) in [6.45, 7) is 13.2. The minimum Gasteiger partial charge on any atom is -0.314 e. The Kier molecular flexibility index (Phi) is 3.60. The first-order valence-corrected chi connectivity index (χ1v) is 6.98. The number of hydrogen-bond donors (Lipinski definition) is 1. The number of nitrogens with one attached hydrogen (secondary N) is 1. The van der Waals surface area contributed by atoms with E-state index in [2.05, 4.69) is 37.9 Å². The smallest absolute Gasteiger partial charge is 0.0281 e. The maximum absolute atomic E-state index is 3.52. The van der Waals surface area contributed by atoms with Gasteiger partial charge in [0.2, 0.25) is 0 Å². The normalized spacial score (nSPS) is 40.9. The van der Waals surface area contributed by atoms with Crippen molar-refractivity contribution in [2.45, 2.75) is 58.5 Å². The lowest BCUT2D eigenvalue weighted by molar-refractivity contribution is 0.0106. The molecule has 1 aliphatic heterocycles. The van der Waals surface area contributed by atoms with Gasteiger partial charge in [-0.25, -0.2) is 0 Å². The maximum Gasteiger partial charge on any atom is 0.0281 e. The molecule has 94 valence electrons. The van der Waals surface area contributed by atoms with Crippen molar-refractivity contribution in [1.29, 1.82) is 0 Å². The van der Waals surface area contributed by atoms with Crippen LogP contribution in [0.15, 0.2) is 0 Å². The average molecular weight is 224 g/mol. The first-order valence-electron chi connectivity index (χ1n) is 6.98. The fourth-order valence-electron chi connectivity index (χ4n) is 3.48. The predicted molar refractivity (Wildman–Crippen MR) is 69.6 cm³/mol. The Hall–Kier alpha value is -0.0800. The van der Waals surface area contributed by atoms with Crippen LogP contribution in [0, 0.1) is 11.8 Å². The largest absolute Gasteiger partial charge is 0.314 e. The van der Waals surface area contributed by atoms with Crippen LogP contribution in [-0.4, -0.2) is 36.1 Å². The zero-order chi connectivity index (χ0) is 11.8. The fraction of sp³-hybridized carbons (Fsp3) is 1.00. The van der Waals surface area contributed by atoms with E-state index in [1.165, 1.54) is 32.4 Å². The molecule has 2 rings (SSSR count). The van der Waals surface area contributed by atoms with E-state index in [0.29, 0.717) is 5.54 Å². The Labute approximate surface area is 101 Å². The summed E-state index contributed by atoms with van der Waals surface area (Å²) in [7, 11) is 0. The molecule has 2 heteroatoms. The quantitative estimate of drug-likeness (QED) is 0.736. The Morgan fingerprint density at radius 1 is 1.12 bits per heavy atom. The third-order valence-electron chi connectivity index (χ3n) is 4.88. The third kappa shape index (κ3) is 2.43. The lowest BCUT2D eigenvalue weighted by atomic mass is 9.77.